The Kier molecular flexibility index (Phi) is 3.95. The molecule has 10 heteroatoms. The number of nitro groups is 1. The van der Waals surface area contributed by atoms with Gasteiger partial charge in [0.2, 0.25) is 0 Å². The zero-order valence-electron chi connectivity index (χ0n) is 11.8. The van der Waals surface area contributed by atoms with Gasteiger partial charge in [-0.25, -0.2) is 0 Å². The second kappa shape index (κ2) is 5.56. The average molecular weight is 323 g/mol. The highest BCUT2D eigenvalue weighted by atomic mass is 32.1. The van der Waals surface area contributed by atoms with E-state index in [0.717, 1.165) is 0 Å². The van der Waals surface area contributed by atoms with E-state index in [9.17, 15) is 19.7 Å². The average Bonchev–Trinajstić information content (AvgIpc) is 2.43. The molecule has 0 spiro atoms. The Bertz CT molecular complexity index is 901. The number of rotatable bonds is 3. The quantitative estimate of drug-likeness (QED) is 0.315. The van der Waals surface area contributed by atoms with Crippen molar-refractivity contribution in [2.75, 3.05) is 7.05 Å². The maximum absolute atomic E-state index is 11.5. The summed E-state index contributed by atoms with van der Waals surface area (Å²) in [5.74, 6) is 0. The minimum absolute atomic E-state index is 0.103. The van der Waals surface area contributed by atoms with Gasteiger partial charge in [0.25, 0.3) is 5.69 Å². The summed E-state index contributed by atoms with van der Waals surface area (Å²) >= 11 is 4.85. The van der Waals surface area contributed by atoms with Crippen molar-refractivity contribution in [3.05, 3.63) is 48.0 Å². The maximum atomic E-state index is 11.5. The van der Waals surface area contributed by atoms with Crippen LogP contribution in [0.2, 0.25) is 0 Å². The van der Waals surface area contributed by atoms with E-state index >= 15 is 0 Å². The van der Waals surface area contributed by atoms with Crippen LogP contribution in [0.15, 0.2) is 15.7 Å². The predicted molar refractivity (Wildman–Crippen MR) is 84.8 cm³/mol. The van der Waals surface area contributed by atoms with Gasteiger partial charge in [-0.15, -0.1) is 0 Å². The maximum Gasteiger partial charge on any atom is 0.314 e. The Labute approximate surface area is 128 Å². The highest BCUT2D eigenvalue weighted by Gasteiger charge is 2.20. The molecule has 116 valence electrons. The molecule has 2 rings (SSSR count). The van der Waals surface area contributed by atoms with Gasteiger partial charge in [0.05, 0.1) is 16.0 Å². The van der Waals surface area contributed by atoms with Crippen molar-refractivity contribution in [1.29, 1.82) is 0 Å². The third-order valence-corrected chi connectivity index (χ3v) is 3.66. The highest BCUT2D eigenvalue weighted by molar-refractivity contribution is 7.80. The van der Waals surface area contributed by atoms with E-state index in [1.54, 1.807) is 14.0 Å². The van der Waals surface area contributed by atoms with Crippen LogP contribution in [0.3, 0.4) is 0 Å². The van der Waals surface area contributed by atoms with E-state index in [4.69, 9.17) is 18.0 Å². The molecule has 1 aromatic carbocycles. The predicted octanol–water partition coefficient (Wildman–Crippen LogP) is 0.108. The van der Waals surface area contributed by atoms with Gasteiger partial charge in [-0.1, -0.05) is 0 Å². The zero-order chi connectivity index (χ0) is 16.6. The number of nitrogens with one attached hydrogen (secondary N) is 2. The van der Waals surface area contributed by atoms with E-state index in [0.29, 0.717) is 16.6 Å². The lowest BCUT2D eigenvalue weighted by Gasteiger charge is -2.19. The lowest BCUT2D eigenvalue weighted by atomic mass is 10.0. The molecule has 0 unspecified atom stereocenters. The molecule has 0 aliphatic rings. The molecule has 0 saturated heterocycles. The first-order valence-electron chi connectivity index (χ1n) is 6.16. The summed E-state index contributed by atoms with van der Waals surface area (Å²) < 4.78 is 0. The van der Waals surface area contributed by atoms with E-state index in [1.165, 1.54) is 11.0 Å². The number of nitrogens with two attached hydrogens (primary N) is 1. The third kappa shape index (κ3) is 2.68. The summed E-state index contributed by atoms with van der Waals surface area (Å²) in [6.07, 6.45) is 0. The van der Waals surface area contributed by atoms with Gasteiger partial charge in [0.1, 0.15) is 0 Å². The van der Waals surface area contributed by atoms with Gasteiger partial charge < -0.3 is 20.6 Å². The lowest BCUT2D eigenvalue weighted by molar-refractivity contribution is -0.385. The van der Waals surface area contributed by atoms with Gasteiger partial charge in [-0.05, 0) is 19.1 Å². The number of fused-ring (bicyclic) bond motifs is 1. The van der Waals surface area contributed by atoms with Crippen LogP contribution < -0.4 is 16.9 Å². The molecule has 0 atom stereocenters. The highest BCUT2D eigenvalue weighted by Crippen LogP contribution is 2.28. The van der Waals surface area contributed by atoms with Gasteiger partial charge >= 0.3 is 11.1 Å². The Morgan fingerprint density at radius 1 is 1.41 bits per heavy atom. The van der Waals surface area contributed by atoms with Gasteiger partial charge in [0.15, 0.2) is 5.11 Å². The molecule has 0 fully saturated rings. The van der Waals surface area contributed by atoms with Crippen molar-refractivity contribution < 1.29 is 4.92 Å². The molecule has 0 aliphatic heterocycles. The third-order valence-electron chi connectivity index (χ3n) is 3.35. The molecule has 4 N–H and O–H groups in total. The topological polar surface area (TPSA) is 138 Å². The van der Waals surface area contributed by atoms with Crippen LogP contribution in [0.25, 0.3) is 11.0 Å². The van der Waals surface area contributed by atoms with E-state index in [-0.39, 0.29) is 22.9 Å². The number of aromatic amines is 2. The molecule has 2 aromatic rings. The zero-order valence-corrected chi connectivity index (χ0v) is 12.6. The standard InChI is InChI=1S/C12H13N5O4S/c1-5-6(4-16(2)12(13)22)9-7(3-8(5)17(20)21)14-10(18)11(19)15-9/h3H,4H2,1-2H3,(H2,13,22)(H,14,18)(H,15,19). The Balaban J connectivity index is 2.84. The van der Waals surface area contributed by atoms with Crippen LogP contribution in [0.1, 0.15) is 11.1 Å². The Morgan fingerprint density at radius 2 is 2.00 bits per heavy atom. The number of nitro benzene ring substituents is 1. The normalized spacial score (nSPS) is 10.6. The first-order valence-corrected chi connectivity index (χ1v) is 6.57. The molecule has 0 radical (unpaired) electrons. The van der Waals surface area contributed by atoms with E-state index < -0.39 is 16.0 Å². The number of H-pyrrole nitrogens is 2. The van der Waals surface area contributed by atoms with Crippen molar-refractivity contribution in [1.82, 2.24) is 14.9 Å². The Morgan fingerprint density at radius 3 is 2.55 bits per heavy atom. The molecule has 0 saturated carbocycles. The molecular weight excluding hydrogens is 310 g/mol. The van der Waals surface area contributed by atoms with Crippen LogP contribution >= 0.6 is 12.2 Å². The van der Waals surface area contributed by atoms with Crippen molar-refractivity contribution in [2.24, 2.45) is 5.73 Å². The van der Waals surface area contributed by atoms with Crippen LogP contribution in [0, 0.1) is 17.0 Å². The molecule has 22 heavy (non-hydrogen) atoms. The largest absolute Gasteiger partial charge is 0.376 e. The van der Waals surface area contributed by atoms with Crippen molar-refractivity contribution in [3.8, 4) is 0 Å². The number of aromatic nitrogens is 2. The molecule has 0 bridgehead atoms. The van der Waals surface area contributed by atoms with Crippen LogP contribution in [0.5, 0.6) is 0 Å². The summed E-state index contributed by atoms with van der Waals surface area (Å²) in [6, 6.07) is 1.21. The fourth-order valence-electron chi connectivity index (χ4n) is 2.11. The second-order valence-corrected chi connectivity index (χ2v) is 5.20. The smallest absolute Gasteiger partial charge is 0.314 e. The number of hydrogen-bond acceptors (Lipinski definition) is 5. The molecule has 0 aliphatic carbocycles. The molecule has 9 nitrogen and oxygen atoms in total. The summed E-state index contributed by atoms with van der Waals surface area (Å²) in [7, 11) is 1.62. The van der Waals surface area contributed by atoms with Crippen LogP contribution in [0.4, 0.5) is 5.69 Å². The van der Waals surface area contributed by atoms with Gasteiger partial charge in [-0.2, -0.15) is 0 Å². The lowest BCUT2D eigenvalue weighted by Crippen LogP contribution is -2.33. The van der Waals surface area contributed by atoms with Crippen LogP contribution in [-0.2, 0) is 6.54 Å². The SMILES string of the molecule is Cc1c([N+](=O)[O-])cc2[nH]c(=O)c(=O)[nH]c2c1CN(C)C(N)=S. The van der Waals surface area contributed by atoms with Crippen molar-refractivity contribution in [2.45, 2.75) is 13.5 Å². The number of thiocarbonyl (C=S) groups is 1. The summed E-state index contributed by atoms with van der Waals surface area (Å²) in [5, 5.41) is 11.3. The fraction of sp³-hybridized carbons (Fsp3) is 0.250. The van der Waals surface area contributed by atoms with Gasteiger partial charge in [0, 0.05) is 30.8 Å². The number of nitrogens with zero attached hydrogens (tertiary/aromatic N) is 2. The van der Waals surface area contributed by atoms with E-state index in [1.807, 2.05) is 0 Å². The minimum Gasteiger partial charge on any atom is -0.376 e. The van der Waals surface area contributed by atoms with Crippen molar-refractivity contribution >= 4 is 34.1 Å². The summed E-state index contributed by atoms with van der Waals surface area (Å²) in [6.45, 7) is 1.71. The van der Waals surface area contributed by atoms with E-state index in [2.05, 4.69) is 9.97 Å². The molecule has 1 heterocycles. The minimum atomic E-state index is -0.876. The van der Waals surface area contributed by atoms with Crippen LogP contribution in [-0.4, -0.2) is 32.0 Å². The van der Waals surface area contributed by atoms with Crippen molar-refractivity contribution in [3.63, 3.8) is 0 Å². The molecular formula is C12H13N5O4S. The summed E-state index contributed by atoms with van der Waals surface area (Å²) in [4.78, 5) is 39.9. The number of benzene rings is 1. The molecule has 1 aromatic heterocycles. The second-order valence-electron chi connectivity index (χ2n) is 4.78. The number of hydrogen-bond donors (Lipinski definition) is 3. The first-order chi connectivity index (χ1) is 10.2. The fourth-order valence-corrected chi connectivity index (χ4v) is 2.18. The first kappa shape index (κ1) is 15.6. The Hall–Kier alpha value is -2.75. The monoisotopic (exact) mass is 323 g/mol. The summed E-state index contributed by atoms with van der Waals surface area (Å²) in [5.41, 5.74) is 4.97. The molecule has 0 amide bonds. The van der Waals surface area contributed by atoms with Gasteiger partial charge in [-0.3, -0.25) is 19.7 Å².